The number of rotatable bonds is 5. The fraction of sp³-hybridized carbons (Fsp3) is 0.364. The molecular formula is C11H15NOS. The minimum Gasteiger partial charge on any atom is -0.370 e. The van der Waals surface area contributed by atoms with Crippen molar-refractivity contribution in [3.63, 3.8) is 0 Å². The van der Waals surface area contributed by atoms with Crippen LogP contribution in [0.2, 0.25) is 0 Å². The Morgan fingerprint density at radius 1 is 1.21 bits per heavy atom. The largest absolute Gasteiger partial charge is 0.370 e. The molecule has 0 spiro atoms. The lowest BCUT2D eigenvalue weighted by Crippen LogP contribution is -2.10. The van der Waals surface area contributed by atoms with Gasteiger partial charge in [-0.05, 0) is 24.0 Å². The van der Waals surface area contributed by atoms with Crippen LogP contribution < -0.4 is 5.73 Å². The van der Waals surface area contributed by atoms with Crippen LogP contribution in [0.15, 0.2) is 24.3 Å². The van der Waals surface area contributed by atoms with E-state index in [1.54, 1.807) is 0 Å². The third-order valence-electron chi connectivity index (χ3n) is 2.09. The van der Waals surface area contributed by atoms with Gasteiger partial charge in [0.1, 0.15) is 0 Å². The van der Waals surface area contributed by atoms with Crippen LogP contribution in [0.1, 0.15) is 24.0 Å². The molecule has 0 aliphatic rings. The maximum Gasteiger partial charge on any atom is 0.217 e. The van der Waals surface area contributed by atoms with Gasteiger partial charge >= 0.3 is 0 Å². The molecule has 1 aromatic rings. The Hall–Kier alpha value is -0.960. The predicted molar refractivity (Wildman–Crippen MR) is 61.3 cm³/mol. The van der Waals surface area contributed by atoms with Gasteiger partial charge in [0.15, 0.2) is 0 Å². The quantitative estimate of drug-likeness (QED) is 0.715. The van der Waals surface area contributed by atoms with Crippen molar-refractivity contribution in [2.75, 3.05) is 0 Å². The monoisotopic (exact) mass is 209 g/mol. The molecule has 0 unspecified atom stereocenters. The fourth-order valence-electron chi connectivity index (χ4n) is 1.28. The van der Waals surface area contributed by atoms with Crippen LogP contribution in [-0.2, 0) is 17.0 Å². The fourth-order valence-corrected chi connectivity index (χ4v) is 1.49. The highest BCUT2D eigenvalue weighted by molar-refractivity contribution is 7.79. The Bertz CT molecular complexity index is 295. The van der Waals surface area contributed by atoms with Crippen molar-refractivity contribution >= 4 is 18.5 Å². The molecule has 0 aromatic heterocycles. The van der Waals surface area contributed by atoms with Crippen LogP contribution in [0.5, 0.6) is 0 Å². The molecule has 0 atom stereocenters. The Morgan fingerprint density at radius 2 is 1.79 bits per heavy atom. The van der Waals surface area contributed by atoms with Gasteiger partial charge in [-0.2, -0.15) is 12.6 Å². The summed E-state index contributed by atoms with van der Waals surface area (Å²) in [5.41, 5.74) is 7.52. The van der Waals surface area contributed by atoms with Gasteiger partial charge in [-0.1, -0.05) is 24.3 Å². The van der Waals surface area contributed by atoms with E-state index in [0.717, 1.165) is 18.6 Å². The summed E-state index contributed by atoms with van der Waals surface area (Å²) in [7, 11) is 0. The average molecular weight is 209 g/mol. The molecule has 0 aliphatic heterocycles. The van der Waals surface area contributed by atoms with Crippen LogP contribution in [-0.4, -0.2) is 5.91 Å². The summed E-state index contributed by atoms with van der Waals surface area (Å²) in [6, 6.07) is 8.28. The molecule has 3 heteroatoms. The summed E-state index contributed by atoms with van der Waals surface area (Å²) in [4.78, 5) is 10.5. The lowest BCUT2D eigenvalue weighted by atomic mass is 10.1. The topological polar surface area (TPSA) is 43.1 Å². The second-order valence-corrected chi connectivity index (χ2v) is 3.61. The first-order valence-electron chi connectivity index (χ1n) is 4.69. The number of nitrogens with two attached hydrogens (primary N) is 1. The molecule has 0 radical (unpaired) electrons. The zero-order valence-corrected chi connectivity index (χ0v) is 8.97. The third kappa shape index (κ3) is 3.83. The number of thiol groups is 1. The van der Waals surface area contributed by atoms with Crippen molar-refractivity contribution in [1.82, 2.24) is 0 Å². The number of aryl methyl sites for hydroxylation is 1. The molecule has 0 fully saturated rings. The van der Waals surface area contributed by atoms with Gasteiger partial charge in [0.25, 0.3) is 0 Å². The number of carbonyl (C=O) groups excluding carboxylic acids is 1. The standard InChI is InChI=1S/C11H15NOS/c12-11(13)3-1-2-9-4-6-10(8-14)7-5-9/h4-7,14H,1-3,8H2,(H2,12,13). The molecule has 1 rings (SSSR count). The lowest BCUT2D eigenvalue weighted by molar-refractivity contribution is -0.118. The molecule has 0 heterocycles. The smallest absolute Gasteiger partial charge is 0.217 e. The Labute approximate surface area is 89.9 Å². The molecule has 14 heavy (non-hydrogen) atoms. The summed E-state index contributed by atoms with van der Waals surface area (Å²) < 4.78 is 0. The molecule has 1 aromatic carbocycles. The highest BCUT2D eigenvalue weighted by Crippen LogP contribution is 2.09. The second kappa shape index (κ2) is 5.70. The molecule has 2 N–H and O–H groups in total. The Balaban J connectivity index is 2.40. The molecular weight excluding hydrogens is 194 g/mol. The second-order valence-electron chi connectivity index (χ2n) is 3.29. The number of amides is 1. The van der Waals surface area contributed by atoms with Gasteiger partial charge in [0, 0.05) is 12.2 Å². The van der Waals surface area contributed by atoms with Crippen LogP contribution in [0.25, 0.3) is 0 Å². The highest BCUT2D eigenvalue weighted by Gasteiger charge is 1.96. The third-order valence-corrected chi connectivity index (χ3v) is 2.46. The zero-order valence-electron chi connectivity index (χ0n) is 8.07. The van der Waals surface area contributed by atoms with E-state index in [-0.39, 0.29) is 5.91 Å². The van der Waals surface area contributed by atoms with E-state index >= 15 is 0 Å². The number of carbonyl (C=O) groups is 1. The van der Waals surface area contributed by atoms with Crippen molar-refractivity contribution in [3.8, 4) is 0 Å². The first kappa shape index (κ1) is 11.1. The van der Waals surface area contributed by atoms with Gasteiger partial charge in [0.05, 0.1) is 0 Å². The molecule has 2 nitrogen and oxygen atoms in total. The number of hydrogen-bond acceptors (Lipinski definition) is 2. The SMILES string of the molecule is NC(=O)CCCc1ccc(CS)cc1. The summed E-state index contributed by atoms with van der Waals surface area (Å²) in [6.07, 6.45) is 2.21. The average Bonchev–Trinajstić information content (AvgIpc) is 2.18. The number of benzene rings is 1. The Kier molecular flexibility index (Phi) is 4.53. The van der Waals surface area contributed by atoms with E-state index < -0.39 is 0 Å². The first-order valence-corrected chi connectivity index (χ1v) is 5.32. The summed E-state index contributed by atoms with van der Waals surface area (Å²) in [5.74, 6) is 0.540. The van der Waals surface area contributed by atoms with Gasteiger partial charge in [-0.15, -0.1) is 0 Å². The van der Waals surface area contributed by atoms with Crippen molar-refractivity contribution in [1.29, 1.82) is 0 Å². The van der Waals surface area contributed by atoms with Gasteiger partial charge in [-0.3, -0.25) is 4.79 Å². The summed E-state index contributed by atoms with van der Waals surface area (Å²) in [6.45, 7) is 0. The van der Waals surface area contributed by atoms with E-state index in [9.17, 15) is 4.79 Å². The molecule has 0 saturated heterocycles. The summed E-state index contributed by atoms with van der Waals surface area (Å²) >= 11 is 4.18. The van der Waals surface area contributed by atoms with E-state index in [1.807, 2.05) is 0 Å². The van der Waals surface area contributed by atoms with Crippen molar-refractivity contribution in [2.24, 2.45) is 5.73 Å². The first-order chi connectivity index (χ1) is 6.72. The molecule has 1 amide bonds. The molecule has 0 bridgehead atoms. The van der Waals surface area contributed by atoms with Crippen molar-refractivity contribution < 1.29 is 4.79 Å². The predicted octanol–water partition coefficient (Wildman–Crippen LogP) is 1.92. The maximum atomic E-state index is 10.5. The molecule has 0 aliphatic carbocycles. The molecule has 0 saturated carbocycles. The van der Waals surface area contributed by atoms with E-state index in [2.05, 4.69) is 36.9 Å². The van der Waals surface area contributed by atoms with Crippen molar-refractivity contribution in [2.45, 2.75) is 25.0 Å². The lowest BCUT2D eigenvalue weighted by Gasteiger charge is -2.01. The molecule has 76 valence electrons. The van der Waals surface area contributed by atoms with Gasteiger partial charge in [-0.25, -0.2) is 0 Å². The van der Waals surface area contributed by atoms with Crippen LogP contribution in [0.4, 0.5) is 0 Å². The van der Waals surface area contributed by atoms with E-state index in [0.29, 0.717) is 6.42 Å². The summed E-state index contributed by atoms with van der Waals surface area (Å²) in [5, 5.41) is 0. The number of primary amides is 1. The van der Waals surface area contributed by atoms with Gasteiger partial charge in [0.2, 0.25) is 5.91 Å². The van der Waals surface area contributed by atoms with Crippen LogP contribution in [0, 0.1) is 0 Å². The van der Waals surface area contributed by atoms with Gasteiger partial charge < -0.3 is 5.73 Å². The van der Waals surface area contributed by atoms with E-state index in [4.69, 9.17) is 5.73 Å². The maximum absolute atomic E-state index is 10.5. The van der Waals surface area contributed by atoms with Crippen molar-refractivity contribution in [3.05, 3.63) is 35.4 Å². The minimum absolute atomic E-state index is 0.225. The minimum atomic E-state index is -0.225. The van der Waals surface area contributed by atoms with E-state index in [1.165, 1.54) is 11.1 Å². The highest BCUT2D eigenvalue weighted by atomic mass is 32.1. The zero-order chi connectivity index (χ0) is 10.4. The van der Waals surface area contributed by atoms with Crippen LogP contribution >= 0.6 is 12.6 Å². The normalized spacial score (nSPS) is 10.1. The van der Waals surface area contributed by atoms with Crippen LogP contribution in [0.3, 0.4) is 0 Å². The Morgan fingerprint density at radius 3 is 2.29 bits per heavy atom. The number of hydrogen-bond donors (Lipinski definition) is 2.